The van der Waals surface area contributed by atoms with E-state index in [1.54, 1.807) is 11.3 Å². The molecule has 3 heterocycles. The van der Waals surface area contributed by atoms with Crippen LogP contribution in [0.4, 0.5) is 0 Å². The lowest BCUT2D eigenvalue weighted by molar-refractivity contribution is 0.204. The van der Waals surface area contributed by atoms with E-state index in [1.165, 1.54) is 24.1 Å². The van der Waals surface area contributed by atoms with Crippen LogP contribution in [0.2, 0.25) is 0 Å². The van der Waals surface area contributed by atoms with Crippen molar-refractivity contribution >= 4 is 11.3 Å². The maximum Gasteiger partial charge on any atom is 0.230 e. The summed E-state index contributed by atoms with van der Waals surface area (Å²) in [4.78, 5) is 10.6. The van der Waals surface area contributed by atoms with E-state index in [4.69, 9.17) is 4.42 Å². The molecule has 7 heteroatoms. The molecule has 0 N–H and O–H groups in total. The number of likely N-dealkylation sites (N-methyl/N-ethyl adjacent to an activating group) is 1. The molecular weight excluding hydrogens is 310 g/mol. The number of rotatable bonds is 6. The number of likely N-dealkylation sites (tertiary alicyclic amines) is 1. The number of aryl methyl sites for hydroxylation is 1. The molecule has 124 valence electrons. The molecule has 1 aliphatic heterocycles. The van der Waals surface area contributed by atoms with Crippen molar-refractivity contribution in [2.24, 2.45) is 0 Å². The average Bonchev–Trinajstić information content (AvgIpc) is 2.93. The Morgan fingerprint density at radius 1 is 1.35 bits per heavy atom. The van der Waals surface area contributed by atoms with Gasteiger partial charge in [-0.3, -0.25) is 9.80 Å². The molecule has 4 rings (SSSR count). The van der Waals surface area contributed by atoms with Gasteiger partial charge in [-0.25, -0.2) is 4.98 Å². The first-order chi connectivity index (χ1) is 11.2. The van der Waals surface area contributed by atoms with Crippen molar-refractivity contribution in [2.75, 3.05) is 20.1 Å². The summed E-state index contributed by atoms with van der Waals surface area (Å²) in [5, 5.41) is 9.52. The lowest BCUT2D eigenvalue weighted by Crippen LogP contribution is -2.34. The van der Waals surface area contributed by atoms with Crippen LogP contribution in [0.15, 0.2) is 10.6 Å². The zero-order chi connectivity index (χ0) is 15.8. The Labute approximate surface area is 140 Å². The second-order valence-electron chi connectivity index (χ2n) is 6.75. The molecule has 1 saturated carbocycles. The van der Waals surface area contributed by atoms with Crippen molar-refractivity contribution in [2.45, 2.75) is 51.2 Å². The molecule has 2 aromatic heterocycles. The van der Waals surface area contributed by atoms with E-state index in [0.717, 1.165) is 43.0 Å². The second kappa shape index (κ2) is 6.30. The Morgan fingerprint density at radius 3 is 2.96 bits per heavy atom. The number of thiazole rings is 1. The van der Waals surface area contributed by atoms with Gasteiger partial charge in [0.2, 0.25) is 11.8 Å². The first-order valence-corrected chi connectivity index (χ1v) is 9.15. The van der Waals surface area contributed by atoms with E-state index in [2.05, 4.69) is 39.0 Å². The van der Waals surface area contributed by atoms with Gasteiger partial charge in [0.15, 0.2) is 0 Å². The highest BCUT2D eigenvalue weighted by molar-refractivity contribution is 7.11. The minimum atomic E-state index is 0.534. The molecule has 1 aliphatic carbocycles. The van der Waals surface area contributed by atoms with E-state index >= 15 is 0 Å². The first kappa shape index (κ1) is 15.2. The van der Waals surface area contributed by atoms with Crippen molar-refractivity contribution in [3.63, 3.8) is 0 Å². The number of hydrogen-bond acceptors (Lipinski definition) is 7. The van der Waals surface area contributed by atoms with Gasteiger partial charge in [0.1, 0.15) is 0 Å². The zero-order valence-corrected chi connectivity index (χ0v) is 14.6. The van der Waals surface area contributed by atoms with Gasteiger partial charge in [-0.15, -0.1) is 21.5 Å². The van der Waals surface area contributed by atoms with Crippen molar-refractivity contribution in [1.29, 1.82) is 0 Å². The number of aromatic nitrogens is 3. The molecule has 0 amide bonds. The van der Waals surface area contributed by atoms with Gasteiger partial charge in [0.25, 0.3) is 0 Å². The maximum atomic E-state index is 5.78. The highest BCUT2D eigenvalue weighted by Crippen LogP contribution is 2.39. The fourth-order valence-corrected chi connectivity index (χ4v) is 4.02. The lowest BCUT2D eigenvalue weighted by atomic mass is 10.2. The van der Waals surface area contributed by atoms with Gasteiger partial charge in [-0.2, -0.15) is 0 Å². The third-order valence-electron chi connectivity index (χ3n) is 4.71. The predicted molar refractivity (Wildman–Crippen MR) is 88.3 cm³/mol. The molecule has 6 nitrogen and oxygen atoms in total. The summed E-state index contributed by atoms with van der Waals surface area (Å²) in [5.41, 5.74) is 0. The molecule has 1 saturated heterocycles. The summed E-state index contributed by atoms with van der Waals surface area (Å²) < 4.78 is 5.78. The third-order valence-corrected chi connectivity index (χ3v) is 5.61. The van der Waals surface area contributed by atoms with Crippen LogP contribution in [0.1, 0.15) is 46.8 Å². The first-order valence-electron chi connectivity index (χ1n) is 8.33. The van der Waals surface area contributed by atoms with Crippen molar-refractivity contribution in [3.05, 3.63) is 27.9 Å². The fraction of sp³-hybridized carbons (Fsp3) is 0.688. The van der Waals surface area contributed by atoms with Gasteiger partial charge in [-0.1, -0.05) is 0 Å². The molecule has 0 radical (unpaired) electrons. The second-order valence-corrected chi connectivity index (χ2v) is 8.07. The number of nitrogens with zero attached hydrogens (tertiary/aromatic N) is 5. The predicted octanol–water partition coefficient (Wildman–Crippen LogP) is 2.42. The van der Waals surface area contributed by atoms with Crippen LogP contribution in [0.25, 0.3) is 0 Å². The molecule has 0 unspecified atom stereocenters. The largest absolute Gasteiger partial charge is 0.424 e. The standard InChI is InChI=1S/C16H23N5OS/c1-11-17-7-14(23-11)9-21-6-5-13(8-21)20(2)10-15-18-19-16(22-15)12-3-4-12/h7,12-13H,3-6,8-10H2,1-2H3/t13-/m0/s1. The van der Waals surface area contributed by atoms with Crippen LogP contribution < -0.4 is 0 Å². The van der Waals surface area contributed by atoms with Crippen LogP contribution in [0.3, 0.4) is 0 Å². The van der Waals surface area contributed by atoms with E-state index in [9.17, 15) is 0 Å². The van der Waals surface area contributed by atoms with Gasteiger partial charge >= 0.3 is 0 Å². The zero-order valence-electron chi connectivity index (χ0n) is 13.7. The van der Waals surface area contributed by atoms with E-state index in [1.807, 2.05) is 6.20 Å². The normalized spacial score (nSPS) is 22.3. The third kappa shape index (κ3) is 3.62. The smallest absolute Gasteiger partial charge is 0.230 e. The Balaban J connectivity index is 1.29. The molecule has 2 fully saturated rings. The molecule has 23 heavy (non-hydrogen) atoms. The molecule has 0 spiro atoms. The monoisotopic (exact) mass is 333 g/mol. The van der Waals surface area contributed by atoms with Crippen LogP contribution in [-0.4, -0.2) is 51.2 Å². The van der Waals surface area contributed by atoms with E-state index < -0.39 is 0 Å². The topological polar surface area (TPSA) is 58.3 Å². The van der Waals surface area contributed by atoms with Crippen LogP contribution >= 0.6 is 11.3 Å². The number of hydrogen-bond donors (Lipinski definition) is 0. The molecule has 1 atom stereocenters. The summed E-state index contributed by atoms with van der Waals surface area (Å²) in [6, 6.07) is 0.556. The van der Waals surface area contributed by atoms with Crippen LogP contribution in [-0.2, 0) is 13.1 Å². The van der Waals surface area contributed by atoms with Crippen molar-refractivity contribution in [3.8, 4) is 0 Å². The quantitative estimate of drug-likeness (QED) is 0.809. The van der Waals surface area contributed by atoms with E-state index in [0.29, 0.717) is 12.0 Å². The van der Waals surface area contributed by atoms with Gasteiger partial charge in [-0.05, 0) is 33.2 Å². The highest BCUT2D eigenvalue weighted by atomic mass is 32.1. The SMILES string of the molecule is Cc1ncc(CN2CC[C@H](N(C)Cc3nnc(C4CC4)o3)C2)s1. The van der Waals surface area contributed by atoms with E-state index in [-0.39, 0.29) is 0 Å². The highest BCUT2D eigenvalue weighted by Gasteiger charge is 2.30. The molecule has 0 bridgehead atoms. The average molecular weight is 333 g/mol. The Kier molecular flexibility index (Phi) is 4.17. The Morgan fingerprint density at radius 2 is 2.22 bits per heavy atom. The molecule has 2 aliphatic rings. The lowest BCUT2D eigenvalue weighted by Gasteiger charge is -2.23. The summed E-state index contributed by atoms with van der Waals surface area (Å²) in [7, 11) is 2.16. The minimum absolute atomic E-state index is 0.534. The van der Waals surface area contributed by atoms with Gasteiger partial charge in [0, 0.05) is 42.7 Å². The summed E-state index contributed by atoms with van der Waals surface area (Å²) in [5.74, 6) is 2.12. The fourth-order valence-electron chi connectivity index (χ4n) is 3.18. The Hall–Kier alpha value is -1.31. The van der Waals surface area contributed by atoms with Gasteiger partial charge in [0.05, 0.1) is 11.6 Å². The van der Waals surface area contributed by atoms with Crippen molar-refractivity contribution in [1.82, 2.24) is 25.0 Å². The minimum Gasteiger partial charge on any atom is -0.424 e. The Bertz CT molecular complexity index is 665. The van der Waals surface area contributed by atoms with Crippen molar-refractivity contribution < 1.29 is 4.42 Å². The van der Waals surface area contributed by atoms with Crippen LogP contribution in [0, 0.1) is 6.92 Å². The summed E-state index contributed by atoms with van der Waals surface area (Å²) >= 11 is 1.80. The summed E-state index contributed by atoms with van der Waals surface area (Å²) in [6.45, 7) is 6.06. The molecule has 2 aromatic rings. The summed E-state index contributed by atoms with van der Waals surface area (Å²) in [6.07, 6.45) is 5.60. The van der Waals surface area contributed by atoms with Crippen LogP contribution in [0.5, 0.6) is 0 Å². The van der Waals surface area contributed by atoms with Gasteiger partial charge < -0.3 is 4.42 Å². The molecule has 0 aromatic carbocycles. The molecular formula is C16H23N5OS. The maximum absolute atomic E-state index is 5.78.